The Kier molecular flexibility index (Phi) is 5.39. The number of carbonyl (C=O) groups excluding carboxylic acids is 2. The summed E-state index contributed by atoms with van der Waals surface area (Å²) >= 11 is 0. The fraction of sp³-hybridized carbons (Fsp3) is 0.259. The van der Waals surface area contributed by atoms with Crippen molar-refractivity contribution < 1.29 is 23.5 Å². The lowest BCUT2D eigenvalue weighted by atomic mass is 9.95. The van der Waals surface area contributed by atoms with Gasteiger partial charge >= 0.3 is 0 Å². The van der Waals surface area contributed by atoms with Crippen LogP contribution in [0.25, 0.3) is 33.0 Å². The molecule has 1 fully saturated rings. The van der Waals surface area contributed by atoms with E-state index >= 15 is 0 Å². The highest BCUT2D eigenvalue weighted by Gasteiger charge is 2.35. The second kappa shape index (κ2) is 8.72. The third-order valence-electron chi connectivity index (χ3n) is 6.67. The quantitative estimate of drug-likeness (QED) is 0.435. The van der Waals surface area contributed by atoms with Gasteiger partial charge in [0.05, 0.1) is 30.6 Å². The van der Waals surface area contributed by atoms with Crippen molar-refractivity contribution in [1.82, 2.24) is 14.8 Å². The smallest absolute Gasteiger partial charge is 0.259 e. The summed E-state index contributed by atoms with van der Waals surface area (Å²) in [6.07, 6.45) is 3.47. The van der Waals surface area contributed by atoms with Gasteiger partial charge in [0.1, 0.15) is 17.9 Å². The monoisotopic (exact) mass is 471 g/mol. The number of benzene rings is 2. The van der Waals surface area contributed by atoms with Crippen LogP contribution in [0.2, 0.25) is 0 Å². The van der Waals surface area contributed by atoms with E-state index in [4.69, 9.17) is 13.9 Å². The molecule has 0 saturated carbocycles. The second-order valence-electron chi connectivity index (χ2n) is 8.82. The Labute approximate surface area is 201 Å². The van der Waals surface area contributed by atoms with E-state index < -0.39 is 11.8 Å². The number of morpholine rings is 1. The van der Waals surface area contributed by atoms with Crippen LogP contribution in [0.15, 0.2) is 59.3 Å². The molecule has 8 nitrogen and oxygen atoms in total. The minimum atomic E-state index is -0.443. The SMILES string of the molecule is Cn1cc(C2=C(c3cc(OCCN4CCOCC4)cc4ccoc34)C(=O)NC2=O)c2ccccc21. The second-order valence-corrected chi connectivity index (χ2v) is 8.82. The molecular weight excluding hydrogens is 446 g/mol. The Bertz CT molecular complexity index is 1490. The molecule has 6 rings (SSSR count). The van der Waals surface area contributed by atoms with Gasteiger partial charge in [-0.25, -0.2) is 0 Å². The minimum Gasteiger partial charge on any atom is -0.492 e. The predicted molar refractivity (Wildman–Crippen MR) is 132 cm³/mol. The Morgan fingerprint density at radius 3 is 2.60 bits per heavy atom. The van der Waals surface area contributed by atoms with E-state index in [9.17, 15) is 9.59 Å². The summed E-state index contributed by atoms with van der Waals surface area (Å²) in [7, 11) is 1.93. The summed E-state index contributed by atoms with van der Waals surface area (Å²) in [5.41, 5.74) is 3.41. The van der Waals surface area contributed by atoms with Gasteiger partial charge in [0.15, 0.2) is 0 Å². The van der Waals surface area contributed by atoms with Crippen LogP contribution in [-0.4, -0.2) is 60.7 Å². The summed E-state index contributed by atoms with van der Waals surface area (Å²) < 4.78 is 19.2. The van der Waals surface area contributed by atoms with Crippen LogP contribution in [0.5, 0.6) is 5.75 Å². The Hall–Kier alpha value is -3.88. The number of imide groups is 1. The van der Waals surface area contributed by atoms with Crippen molar-refractivity contribution in [2.45, 2.75) is 0 Å². The van der Waals surface area contributed by atoms with Crippen LogP contribution in [0, 0.1) is 0 Å². The summed E-state index contributed by atoms with van der Waals surface area (Å²) in [6, 6.07) is 13.3. The summed E-state index contributed by atoms with van der Waals surface area (Å²) in [4.78, 5) is 28.5. The van der Waals surface area contributed by atoms with Crippen molar-refractivity contribution in [2.24, 2.45) is 7.05 Å². The molecule has 0 spiro atoms. The number of hydrogen-bond acceptors (Lipinski definition) is 6. The zero-order valence-electron chi connectivity index (χ0n) is 19.4. The van der Waals surface area contributed by atoms with Gasteiger partial charge in [-0.3, -0.25) is 19.8 Å². The maximum Gasteiger partial charge on any atom is 0.259 e. The molecule has 2 aliphatic rings. The number of ether oxygens (including phenoxy) is 2. The molecule has 1 saturated heterocycles. The average Bonchev–Trinajstić information content (AvgIpc) is 3.55. The lowest BCUT2D eigenvalue weighted by Crippen LogP contribution is -2.38. The van der Waals surface area contributed by atoms with Gasteiger partial charge in [-0.15, -0.1) is 0 Å². The first-order chi connectivity index (χ1) is 17.1. The summed E-state index contributed by atoms with van der Waals surface area (Å²) in [5, 5.41) is 4.20. The molecule has 0 radical (unpaired) electrons. The highest BCUT2D eigenvalue weighted by Crippen LogP contribution is 2.39. The molecule has 35 heavy (non-hydrogen) atoms. The number of fused-ring (bicyclic) bond motifs is 2. The van der Waals surface area contributed by atoms with E-state index in [0.717, 1.165) is 49.1 Å². The normalized spacial score (nSPS) is 17.1. The fourth-order valence-corrected chi connectivity index (χ4v) is 4.95. The van der Waals surface area contributed by atoms with Gasteiger partial charge in [0, 0.05) is 60.3 Å². The molecule has 2 aromatic carbocycles. The number of hydrogen-bond donors (Lipinski definition) is 1. The van der Waals surface area contributed by atoms with E-state index in [0.29, 0.717) is 40.2 Å². The van der Waals surface area contributed by atoms with Gasteiger partial charge in [-0.2, -0.15) is 0 Å². The van der Waals surface area contributed by atoms with E-state index in [1.165, 1.54) is 0 Å². The van der Waals surface area contributed by atoms with Crippen LogP contribution in [0.4, 0.5) is 0 Å². The van der Waals surface area contributed by atoms with Crippen LogP contribution in [0.3, 0.4) is 0 Å². The third kappa shape index (κ3) is 3.80. The average molecular weight is 472 g/mol. The molecule has 2 aliphatic heterocycles. The largest absolute Gasteiger partial charge is 0.492 e. The number of aromatic nitrogens is 1. The zero-order chi connectivity index (χ0) is 23.9. The van der Waals surface area contributed by atoms with E-state index in [1.807, 2.05) is 54.2 Å². The Morgan fingerprint density at radius 1 is 1.00 bits per heavy atom. The Balaban J connectivity index is 1.43. The molecular formula is C27H25N3O5. The number of amides is 2. The van der Waals surface area contributed by atoms with Crippen LogP contribution < -0.4 is 10.1 Å². The van der Waals surface area contributed by atoms with Crippen molar-refractivity contribution >= 4 is 44.8 Å². The van der Waals surface area contributed by atoms with Gasteiger partial charge in [-0.05, 0) is 24.3 Å². The highest BCUT2D eigenvalue weighted by atomic mass is 16.5. The number of nitrogens with one attached hydrogen (secondary N) is 1. The first-order valence-corrected chi connectivity index (χ1v) is 11.7. The number of aryl methyl sites for hydroxylation is 1. The lowest BCUT2D eigenvalue weighted by molar-refractivity contribution is -0.122. The number of nitrogens with zero attached hydrogens (tertiary/aromatic N) is 2. The number of rotatable bonds is 6. The zero-order valence-corrected chi connectivity index (χ0v) is 19.4. The van der Waals surface area contributed by atoms with Gasteiger partial charge in [-0.1, -0.05) is 18.2 Å². The van der Waals surface area contributed by atoms with Crippen LogP contribution in [-0.2, 0) is 21.4 Å². The molecule has 0 bridgehead atoms. The van der Waals surface area contributed by atoms with Crippen molar-refractivity contribution in [3.8, 4) is 5.75 Å². The van der Waals surface area contributed by atoms with Gasteiger partial charge in [0.2, 0.25) is 0 Å². The van der Waals surface area contributed by atoms with Gasteiger partial charge in [0.25, 0.3) is 11.8 Å². The highest BCUT2D eigenvalue weighted by molar-refractivity contribution is 6.50. The molecule has 8 heteroatoms. The minimum absolute atomic E-state index is 0.296. The molecule has 0 atom stereocenters. The maximum absolute atomic E-state index is 13.1. The molecule has 2 aromatic heterocycles. The van der Waals surface area contributed by atoms with Crippen molar-refractivity contribution in [1.29, 1.82) is 0 Å². The van der Waals surface area contributed by atoms with Crippen LogP contribution in [0.1, 0.15) is 11.1 Å². The molecule has 4 heterocycles. The number of para-hydroxylation sites is 1. The first kappa shape index (κ1) is 21.6. The third-order valence-corrected chi connectivity index (χ3v) is 6.67. The number of furan rings is 1. The molecule has 1 N–H and O–H groups in total. The molecule has 4 aromatic rings. The topological polar surface area (TPSA) is 85.9 Å². The van der Waals surface area contributed by atoms with E-state index in [-0.39, 0.29) is 0 Å². The van der Waals surface area contributed by atoms with E-state index in [2.05, 4.69) is 10.2 Å². The molecule has 178 valence electrons. The predicted octanol–water partition coefficient (Wildman–Crippen LogP) is 3.20. The fourth-order valence-electron chi connectivity index (χ4n) is 4.95. The van der Waals surface area contributed by atoms with Gasteiger partial charge < -0.3 is 18.5 Å². The standard InChI is InChI=1S/C27H25N3O5/c1-29-16-21(19-4-2-3-5-22(19)29)24-23(26(31)28-27(24)32)20-15-18(14-17-6-10-35-25(17)20)34-13-9-30-7-11-33-12-8-30/h2-6,10,14-16H,7-9,11-13H2,1H3,(H,28,31,32). The van der Waals surface area contributed by atoms with E-state index in [1.54, 1.807) is 12.3 Å². The van der Waals surface area contributed by atoms with Crippen molar-refractivity contribution in [3.05, 3.63) is 66.1 Å². The maximum atomic E-state index is 13.1. The Morgan fingerprint density at radius 2 is 1.77 bits per heavy atom. The van der Waals surface area contributed by atoms with Crippen LogP contribution >= 0.6 is 0 Å². The molecule has 0 unspecified atom stereocenters. The summed E-state index contributed by atoms with van der Waals surface area (Å²) in [5.74, 6) is -0.236. The number of carbonyl (C=O) groups is 2. The summed E-state index contributed by atoms with van der Waals surface area (Å²) in [6.45, 7) is 4.53. The molecule has 2 amide bonds. The lowest BCUT2D eigenvalue weighted by Gasteiger charge is -2.26. The first-order valence-electron chi connectivity index (χ1n) is 11.7. The van der Waals surface area contributed by atoms with Crippen molar-refractivity contribution in [3.63, 3.8) is 0 Å². The molecule has 0 aliphatic carbocycles. The van der Waals surface area contributed by atoms with Crippen molar-refractivity contribution in [2.75, 3.05) is 39.5 Å².